The Bertz CT molecular complexity index is 718. The van der Waals surface area contributed by atoms with Crippen molar-refractivity contribution < 1.29 is 14.4 Å². The number of rotatable bonds is 3. The van der Waals surface area contributed by atoms with Crippen LogP contribution in [0.25, 0.3) is 0 Å². The van der Waals surface area contributed by atoms with Crippen molar-refractivity contribution in [3.8, 4) is 0 Å². The van der Waals surface area contributed by atoms with Crippen LogP contribution in [0.1, 0.15) is 58.4 Å². The Morgan fingerprint density at radius 1 is 1.28 bits per heavy atom. The van der Waals surface area contributed by atoms with Gasteiger partial charge in [-0.3, -0.25) is 14.9 Å². The summed E-state index contributed by atoms with van der Waals surface area (Å²) in [6.07, 6.45) is 3.07. The molecule has 1 aliphatic heterocycles. The maximum Gasteiger partial charge on any atom is 0.325 e. The second-order valence-corrected chi connectivity index (χ2v) is 8.70. The van der Waals surface area contributed by atoms with Gasteiger partial charge in [-0.15, -0.1) is 10.2 Å². The van der Waals surface area contributed by atoms with E-state index >= 15 is 0 Å². The smallest absolute Gasteiger partial charge is 0.323 e. The molecule has 1 saturated heterocycles. The molecule has 3 rings (SSSR count). The van der Waals surface area contributed by atoms with Gasteiger partial charge in [0.25, 0.3) is 5.91 Å². The van der Waals surface area contributed by atoms with Gasteiger partial charge in [0.05, 0.1) is 0 Å². The zero-order valence-corrected chi connectivity index (χ0v) is 15.7. The average Bonchev–Trinajstić information content (AvgIpc) is 3.20. The van der Waals surface area contributed by atoms with Gasteiger partial charge in [0, 0.05) is 5.41 Å². The van der Waals surface area contributed by atoms with Crippen molar-refractivity contribution in [2.75, 3.05) is 5.32 Å². The highest BCUT2D eigenvalue weighted by molar-refractivity contribution is 7.15. The summed E-state index contributed by atoms with van der Waals surface area (Å²) >= 11 is 1.29. The van der Waals surface area contributed by atoms with E-state index in [-0.39, 0.29) is 11.3 Å². The predicted molar refractivity (Wildman–Crippen MR) is 93.3 cm³/mol. The quantitative estimate of drug-likeness (QED) is 0.798. The number of carbonyl (C=O) groups is 3. The molecule has 1 aliphatic carbocycles. The fourth-order valence-electron chi connectivity index (χ4n) is 3.21. The van der Waals surface area contributed by atoms with Gasteiger partial charge in [0.2, 0.25) is 11.0 Å². The molecular weight excluding hydrogens is 342 g/mol. The Balaban J connectivity index is 1.71. The number of carbonyl (C=O) groups excluding carboxylic acids is 3. The third-order valence-electron chi connectivity index (χ3n) is 4.71. The number of anilines is 1. The fourth-order valence-corrected chi connectivity index (χ4v) is 4.02. The van der Waals surface area contributed by atoms with Crippen LogP contribution in [0.2, 0.25) is 0 Å². The molecule has 1 aromatic heterocycles. The predicted octanol–water partition coefficient (Wildman–Crippen LogP) is 2.03. The van der Waals surface area contributed by atoms with Gasteiger partial charge in [-0.1, -0.05) is 44.9 Å². The van der Waals surface area contributed by atoms with E-state index in [0.717, 1.165) is 22.7 Å². The van der Waals surface area contributed by atoms with Crippen molar-refractivity contribution in [1.29, 1.82) is 0 Å². The third-order valence-corrected chi connectivity index (χ3v) is 5.98. The van der Waals surface area contributed by atoms with E-state index in [1.54, 1.807) is 6.92 Å². The number of aromatic nitrogens is 2. The van der Waals surface area contributed by atoms with Crippen LogP contribution in [0.5, 0.6) is 0 Å². The highest BCUT2D eigenvalue weighted by Gasteiger charge is 2.54. The second kappa shape index (κ2) is 6.05. The molecule has 25 heavy (non-hydrogen) atoms. The van der Waals surface area contributed by atoms with Gasteiger partial charge in [0.1, 0.15) is 16.6 Å². The normalized spacial score (nSPS) is 20.9. The summed E-state index contributed by atoms with van der Waals surface area (Å²) in [6.45, 7) is 7.58. The molecule has 8 nitrogen and oxygen atoms in total. The summed E-state index contributed by atoms with van der Waals surface area (Å²) < 4.78 is 0. The van der Waals surface area contributed by atoms with Crippen LogP contribution in [0.3, 0.4) is 0 Å². The molecular formula is C16H23N5O3S. The van der Waals surface area contributed by atoms with Crippen LogP contribution in [0, 0.1) is 0 Å². The first kappa shape index (κ1) is 17.8. The van der Waals surface area contributed by atoms with Gasteiger partial charge in [-0.05, 0) is 19.8 Å². The minimum Gasteiger partial charge on any atom is -0.323 e. The summed E-state index contributed by atoms with van der Waals surface area (Å²) in [5.74, 6) is -0.750. The van der Waals surface area contributed by atoms with Gasteiger partial charge in [-0.2, -0.15) is 0 Å². The van der Waals surface area contributed by atoms with Crippen molar-refractivity contribution >= 4 is 34.3 Å². The lowest BCUT2D eigenvalue weighted by Crippen LogP contribution is -2.48. The fraction of sp³-hybridized carbons (Fsp3) is 0.688. The average molecular weight is 365 g/mol. The first-order valence-corrected chi connectivity index (χ1v) is 9.26. The molecule has 4 amide bonds. The highest BCUT2D eigenvalue weighted by Crippen LogP contribution is 2.36. The molecule has 2 aliphatic rings. The molecule has 0 aromatic carbocycles. The zero-order chi connectivity index (χ0) is 18.4. The first-order chi connectivity index (χ1) is 11.6. The molecule has 1 spiro atoms. The van der Waals surface area contributed by atoms with Gasteiger partial charge >= 0.3 is 6.03 Å². The van der Waals surface area contributed by atoms with Gasteiger partial charge in [-0.25, -0.2) is 9.69 Å². The van der Waals surface area contributed by atoms with Crippen molar-refractivity contribution in [2.45, 2.75) is 70.4 Å². The molecule has 1 unspecified atom stereocenters. The number of hydrogen-bond donors (Lipinski definition) is 2. The summed E-state index contributed by atoms with van der Waals surface area (Å²) in [5, 5.41) is 14.7. The SMILES string of the molecule is CC(C(=O)Nc1nnc(C(C)(C)C)s1)N1C(=O)NC2(CCCC2)C1=O. The van der Waals surface area contributed by atoms with Crippen LogP contribution < -0.4 is 10.6 Å². The molecule has 1 saturated carbocycles. The number of imide groups is 1. The van der Waals surface area contributed by atoms with Crippen molar-refractivity contribution in [3.63, 3.8) is 0 Å². The molecule has 1 aromatic rings. The maximum absolute atomic E-state index is 12.7. The summed E-state index contributed by atoms with van der Waals surface area (Å²) in [4.78, 5) is 38.5. The third kappa shape index (κ3) is 3.12. The minimum atomic E-state index is -0.908. The minimum absolute atomic E-state index is 0.161. The Labute approximate surface area is 150 Å². The topological polar surface area (TPSA) is 104 Å². The highest BCUT2D eigenvalue weighted by atomic mass is 32.1. The number of nitrogens with zero attached hydrogens (tertiary/aromatic N) is 3. The van der Waals surface area contributed by atoms with Crippen LogP contribution in [-0.2, 0) is 15.0 Å². The summed E-state index contributed by atoms with van der Waals surface area (Å²) in [7, 11) is 0. The Morgan fingerprint density at radius 2 is 1.92 bits per heavy atom. The lowest BCUT2D eigenvalue weighted by atomic mass is 9.97. The van der Waals surface area contributed by atoms with E-state index in [1.165, 1.54) is 11.3 Å². The van der Waals surface area contributed by atoms with Crippen molar-refractivity contribution in [1.82, 2.24) is 20.4 Å². The number of urea groups is 1. The van der Waals surface area contributed by atoms with Gasteiger partial charge < -0.3 is 5.32 Å². The van der Waals surface area contributed by atoms with E-state index in [0.29, 0.717) is 18.0 Å². The molecule has 2 heterocycles. The summed E-state index contributed by atoms with van der Waals surface area (Å²) in [5.41, 5.74) is -0.973. The number of amides is 4. The lowest BCUT2D eigenvalue weighted by molar-refractivity contribution is -0.136. The van der Waals surface area contributed by atoms with E-state index in [2.05, 4.69) is 20.8 Å². The van der Waals surface area contributed by atoms with E-state index in [9.17, 15) is 14.4 Å². The van der Waals surface area contributed by atoms with Gasteiger partial charge in [0.15, 0.2) is 0 Å². The zero-order valence-electron chi connectivity index (χ0n) is 14.9. The molecule has 0 radical (unpaired) electrons. The molecule has 9 heteroatoms. The van der Waals surface area contributed by atoms with Crippen LogP contribution >= 0.6 is 11.3 Å². The van der Waals surface area contributed by atoms with Crippen LogP contribution in [0.15, 0.2) is 0 Å². The van der Waals surface area contributed by atoms with Crippen molar-refractivity contribution in [2.24, 2.45) is 0 Å². The molecule has 2 fully saturated rings. The molecule has 0 bridgehead atoms. The van der Waals surface area contributed by atoms with Crippen molar-refractivity contribution in [3.05, 3.63) is 5.01 Å². The van der Waals surface area contributed by atoms with Crippen LogP contribution in [0.4, 0.5) is 9.93 Å². The summed E-state index contributed by atoms with van der Waals surface area (Å²) in [6, 6.07) is -1.41. The Hall–Kier alpha value is -2.03. The van der Waals surface area contributed by atoms with E-state index in [4.69, 9.17) is 0 Å². The Morgan fingerprint density at radius 3 is 2.48 bits per heavy atom. The van der Waals surface area contributed by atoms with E-state index in [1.807, 2.05) is 20.8 Å². The number of nitrogens with one attached hydrogen (secondary N) is 2. The Kier molecular flexibility index (Phi) is 4.30. The van der Waals surface area contributed by atoms with E-state index < -0.39 is 23.5 Å². The van der Waals surface area contributed by atoms with Crippen LogP contribution in [-0.4, -0.2) is 44.5 Å². The monoisotopic (exact) mass is 365 g/mol. The maximum atomic E-state index is 12.7. The standard InChI is InChI=1S/C16H23N5O3S/c1-9(10(22)17-13-20-19-11(25-13)15(2,3)4)21-12(23)16(18-14(21)24)7-5-6-8-16/h9H,5-8H2,1-4H3,(H,18,24)(H,17,20,22). The molecule has 1 atom stereocenters. The molecule has 2 N–H and O–H groups in total. The number of hydrogen-bond acceptors (Lipinski definition) is 6. The first-order valence-electron chi connectivity index (χ1n) is 8.45. The second-order valence-electron chi connectivity index (χ2n) is 7.72. The lowest BCUT2D eigenvalue weighted by Gasteiger charge is -2.23. The molecule has 136 valence electrons. The largest absolute Gasteiger partial charge is 0.325 e.